The summed E-state index contributed by atoms with van der Waals surface area (Å²) in [5.74, 6) is -2.11. The van der Waals surface area contributed by atoms with Crippen molar-refractivity contribution < 1.29 is 36.3 Å². The maximum atomic E-state index is 13.9. The second-order valence-electron chi connectivity index (χ2n) is 9.69. The average Bonchev–Trinajstić information content (AvgIpc) is 2.79. The first-order valence-corrected chi connectivity index (χ1v) is 13.9. The van der Waals surface area contributed by atoms with Gasteiger partial charge in [0.2, 0.25) is 5.91 Å². The number of alkyl halides is 3. The van der Waals surface area contributed by atoms with Crippen molar-refractivity contribution in [3.05, 3.63) is 69.7 Å². The van der Waals surface area contributed by atoms with Crippen LogP contribution in [-0.2, 0) is 19.6 Å². The molecule has 1 saturated heterocycles. The molecule has 0 aromatic heterocycles. The lowest BCUT2D eigenvalue weighted by atomic mass is 9.67. The van der Waals surface area contributed by atoms with Crippen molar-refractivity contribution in [2.75, 3.05) is 6.54 Å². The number of rotatable bonds is 9. The van der Waals surface area contributed by atoms with Crippen LogP contribution in [0.5, 0.6) is 0 Å². The van der Waals surface area contributed by atoms with E-state index in [1.165, 1.54) is 9.62 Å². The topological polar surface area (TPSA) is 104 Å². The molecule has 2 aromatic rings. The second kappa shape index (κ2) is 11.4. The Balaban J connectivity index is 2.08. The number of benzene rings is 2. The van der Waals surface area contributed by atoms with E-state index in [-0.39, 0.29) is 12.8 Å². The molecule has 38 heavy (non-hydrogen) atoms. The van der Waals surface area contributed by atoms with E-state index in [1.807, 2.05) is 6.07 Å². The Kier molecular flexibility index (Phi) is 9.07. The number of nitrogens with one attached hydrogen (secondary N) is 1. The molecule has 1 aliphatic rings. The molecule has 2 N–H and O–H groups in total. The molecule has 2 aromatic carbocycles. The maximum Gasteiger partial charge on any atom is 0.511 e. The molecule has 0 bridgehead atoms. The Hall–Kier alpha value is -2.34. The van der Waals surface area contributed by atoms with E-state index < -0.39 is 63.8 Å². The zero-order chi connectivity index (χ0) is 28.5. The third kappa shape index (κ3) is 6.62. The average molecular weight is 595 g/mol. The van der Waals surface area contributed by atoms with E-state index in [0.29, 0.717) is 15.6 Å². The number of likely N-dealkylation sites (tertiary alicyclic amines) is 1. The molecule has 4 atom stereocenters. The summed E-state index contributed by atoms with van der Waals surface area (Å²) in [6, 6.07) is 12.3. The van der Waals surface area contributed by atoms with E-state index in [9.17, 15) is 36.3 Å². The fraction of sp³-hybridized carbons (Fsp3) is 0.440. The molecule has 7 nitrogen and oxygen atoms in total. The zero-order valence-electron chi connectivity index (χ0n) is 20.5. The quantitative estimate of drug-likeness (QED) is 0.385. The van der Waals surface area contributed by atoms with Crippen molar-refractivity contribution in [2.45, 2.75) is 56.6 Å². The number of piperidine rings is 1. The van der Waals surface area contributed by atoms with Crippen LogP contribution in [0.25, 0.3) is 0 Å². The molecule has 1 amide bonds. The molecule has 3 rings (SSSR count). The van der Waals surface area contributed by atoms with Gasteiger partial charge in [-0.15, -0.1) is 0 Å². The monoisotopic (exact) mass is 594 g/mol. The minimum atomic E-state index is -5.57. The number of hydrogen-bond acceptors (Lipinski definition) is 4. The minimum absolute atomic E-state index is 0.156. The van der Waals surface area contributed by atoms with Gasteiger partial charge >= 0.3 is 21.5 Å². The van der Waals surface area contributed by atoms with Crippen LogP contribution in [-0.4, -0.2) is 48.4 Å². The number of aliphatic carboxylic acids is 1. The standard InChI is InChI=1S/C25H27Cl2F3N2O5S/c1-15(10-11-31-38(36,37)25(28,29)30)32-22(16-6-8-18(26)9-7-16)20(17-4-3-5-19(27)12-17)13-24(2,23(32)35)14-21(33)34/h3-9,12,15,20,22,31H,10-11,13-14H2,1-2H3,(H,33,34). The summed E-state index contributed by atoms with van der Waals surface area (Å²) in [6.07, 6.45) is -0.466. The number of sulfonamides is 1. The Morgan fingerprint density at radius 1 is 1.16 bits per heavy atom. The third-order valence-electron chi connectivity index (χ3n) is 6.77. The van der Waals surface area contributed by atoms with Gasteiger partial charge in [0.15, 0.2) is 0 Å². The zero-order valence-corrected chi connectivity index (χ0v) is 22.8. The van der Waals surface area contributed by atoms with Crippen molar-refractivity contribution >= 4 is 45.1 Å². The minimum Gasteiger partial charge on any atom is -0.481 e. The Labute approximate surface area is 229 Å². The summed E-state index contributed by atoms with van der Waals surface area (Å²) in [5.41, 5.74) is -5.40. The predicted octanol–water partition coefficient (Wildman–Crippen LogP) is 5.75. The summed E-state index contributed by atoms with van der Waals surface area (Å²) in [5, 5.41) is 10.5. The maximum absolute atomic E-state index is 13.9. The highest BCUT2D eigenvalue weighted by atomic mass is 35.5. The Bertz CT molecular complexity index is 1290. The van der Waals surface area contributed by atoms with Crippen LogP contribution < -0.4 is 4.72 Å². The van der Waals surface area contributed by atoms with Crippen molar-refractivity contribution in [2.24, 2.45) is 5.41 Å². The lowest BCUT2D eigenvalue weighted by Crippen LogP contribution is -2.56. The van der Waals surface area contributed by atoms with Crippen LogP contribution in [0.2, 0.25) is 10.0 Å². The first-order chi connectivity index (χ1) is 17.6. The van der Waals surface area contributed by atoms with E-state index in [0.717, 1.165) is 5.56 Å². The van der Waals surface area contributed by atoms with Gasteiger partial charge in [0.05, 0.1) is 17.9 Å². The molecule has 0 saturated carbocycles. The van der Waals surface area contributed by atoms with Gasteiger partial charge < -0.3 is 10.0 Å². The summed E-state index contributed by atoms with van der Waals surface area (Å²) in [7, 11) is -5.57. The summed E-state index contributed by atoms with van der Waals surface area (Å²) in [4.78, 5) is 27.2. The highest BCUT2D eigenvalue weighted by molar-refractivity contribution is 7.90. The molecule has 0 radical (unpaired) electrons. The van der Waals surface area contributed by atoms with E-state index in [2.05, 4.69) is 0 Å². The lowest BCUT2D eigenvalue weighted by Gasteiger charge is -2.51. The van der Waals surface area contributed by atoms with Gasteiger partial charge in [-0.3, -0.25) is 9.59 Å². The molecule has 0 aliphatic carbocycles. The Morgan fingerprint density at radius 3 is 2.34 bits per heavy atom. The van der Waals surface area contributed by atoms with Crippen molar-refractivity contribution in [1.82, 2.24) is 9.62 Å². The highest BCUT2D eigenvalue weighted by Crippen LogP contribution is 2.52. The number of halogens is 5. The van der Waals surface area contributed by atoms with Crippen molar-refractivity contribution in [1.29, 1.82) is 0 Å². The summed E-state index contributed by atoms with van der Waals surface area (Å²) >= 11 is 12.3. The van der Waals surface area contributed by atoms with Crippen molar-refractivity contribution in [3.8, 4) is 0 Å². The lowest BCUT2D eigenvalue weighted by molar-refractivity contribution is -0.160. The van der Waals surface area contributed by atoms with Gasteiger partial charge in [0.1, 0.15) is 0 Å². The van der Waals surface area contributed by atoms with Gasteiger partial charge in [-0.1, -0.05) is 54.4 Å². The molecule has 0 spiro atoms. The summed E-state index contributed by atoms with van der Waals surface area (Å²) < 4.78 is 62.9. The smallest absolute Gasteiger partial charge is 0.481 e. The molecule has 1 aliphatic heterocycles. The van der Waals surface area contributed by atoms with Crippen molar-refractivity contribution in [3.63, 3.8) is 0 Å². The van der Waals surface area contributed by atoms with Crippen LogP contribution >= 0.6 is 23.2 Å². The first kappa shape index (κ1) is 30.2. The fourth-order valence-electron chi connectivity index (χ4n) is 4.99. The number of carbonyl (C=O) groups excluding carboxylic acids is 1. The molecule has 208 valence electrons. The van der Waals surface area contributed by atoms with Gasteiger partial charge in [0, 0.05) is 28.5 Å². The molecule has 4 unspecified atom stereocenters. The Morgan fingerprint density at radius 2 is 1.79 bits per heavy atom. The predicted molar refractivity (Wildman–Crippen MR) is 137 cm³/mol. The second-order valence-corrected chi connectivity index (χ2v) is 12.3. The van der Waals surface area contributed by atoms with Crippen LogP contribution in [0.3, 0.4) is 0 Å². The fourth-order valence-corrected chi connectivity index (χ4v) is 5.86. The number of carboxylic acid groups (broad SMARTS) is 1. The number of carboxylic acids is 1. The number of carbonyl (C=O) groups is 2. The van der Waals surface area contributed by atoms with Gasteiger partial charge in [-0.05, 0) is 55.2 Å². The normalized spacial score (nSPS) is 23.3. The number of amides is 1. The molecular weight excluding hydrogens is 568 g/mol. The van der Waals surface area contributed by atoms with Gasteiger partial charge in [-0.2, -0.15) is 13.2 Å². The van der Waals surface area contributed by atoms with Crippen LogP contribution in [0.1, 0.15) is 56.2 Å². The molecular formula is C25H27Cl2F3N2O5S. The van der Waals surface area contributed by atoms with Gasteiger partial charge in [-0.25, -0.2) is 13.1 Å². The van der Waals surface area contributed by atoms with Gasteiger partial charge in [0.25, 0.3) is 0 Å². The third-order valence-corrected chi connectivity index (χ3v) is 8.45. The van der Waals surface area contributed by atoms with Crippen LogP contribution in [0.4, 0.5) is 13.2 Å². The highest BCUT2D eigenvalue weighted by Gasteiger charge is 2.52. The number of nitrogens with zero attached hydrogens (tertiary/aromatic N) is 1. The molecule has 1 heterocycles. The number of hydrogen-bond donors (Lipinski definition) is 2. The molecule has 1 fully saturated rings. The first-order valence-electron chi connectivity index (χ1n) is 11.7. The van der Waals surface area contributed by atoms with E-state index >= 15 is 0 Å². The summed E-state index contributed by atoms with van der Waals surface area (Å²) in [6.45, 7) is 2.55. The van der Waals surface area contributed by atoms with E-state index in [4.69, 9.17) is 23.2 Å². The van der Waals surface area contributed by atoms with Crippen LogP contribution in [0.15, 0.2) is 48.5 Å². The van der Waals surface area contributed by atoms with Crippen LogP contribution in [0, 0.1) is 5.41 Å². The SMILES string of the molecule is CC(CCNS(=O)(=O)C(F)(F)F)N1C(=O)C(C)(CC(=O)O)CC(c2cccc(Cl)c2)C1c1ccc(Cl)cc1. The largest absolute Gasteiger partial charge is 0.511 e. The van der Waals surface area contributed by atoms with E-state index in [1.54, 1.807) is 56.3 Å². The molecule has 13 heteroatoms.